The van der Waals surface area contributed by atoms with Crippen molar-refractivity contribution in [3.8, 4) is 11.5 Å². The SMILES string of the molecule is CCC1CNC(C)(C)CN1c1ccc2c(c1)OCCCO2. The zero-order valence-electron chi connectivity index (χ0n) is 13.3. The summed E-state index contributed by atoms with van der Waals surface area (Å²) in [7, 11) is 0. The molecule has 2 aliphatic heterocycles. The van der Waals surface area contributed by atoms with Crippen LogP contribution in [0.1, 0.15) is 33.6 Å². The lowest BCUT2D eigenvalue weighted by Crippen LogP contribution is -2.61. The predicted octanol–water partition coefficient (Wildman–Crippen LogP) is 2.81. The molecule has 1 aromatic rings. The van der Waals surface area contributed by atoms with Crippen molar-refractivity contribution in [2.45, 2.75) is 45.2 Å². The van der Waals surface area contributed by atoms with E-state index in [4.69, 9.17) is 9.47 Å². The van der Waals surface area contributed by atoms with Gasteiger partial charge in [-0.1, -0.05) is 6.92 Å². The number of nitrogens with zero attached hydrogens (tertiary/aromatic N) is 1. The number of nitrogens with one attached hydrogen (secondary N) is 1. The lowest BCUT2D eigenvalue weighted by molar-refractivity contribution is 0.296. The Morgan fingerprint density at radius 3 is 2.76 bits per heavy atom. The monoisotopic (exact) mass is 290 g/mol. The zero-order chi connectivity index (χ0) is 14.9. The molecule has 1 N–H and O–H groups in total. The molecule has 0 bridgehead atoms. The van der Waals surface area contributed by atoms with Gasteiger partial charge in [-0.2, -0.15) is 0 Å². The van der Waals surface area contributed by atoms with Crippen LogP contribution in [0.4, 0.5) is 5.69 Å². The van der Waals surface area contributed by atoms with E-state index in [1.807, 2.05) is 0 Å². The van der Waals surface area contributed by atoms with Gasteiger partial charge in [-0.3, -0.25) is 0 Å². The summed E-state index contributed by atoms with van der Waals surface area (Å²) in [6, 6.07) is 6.89. The molecule has 1 saturated heterocycles. The van der Waals surface area contributed by atoms with E-state index in [1.165, 1.54) is 5.69 Å². The summed E-state index contributed by atoms with van der Waals surface area (Å²) in [5.41, 5.74) is 1.37. The van der Waals surface area contributed by atoms with E-state index in [0.29, 0.717) is 6.04 Å². The van der Waals surface area contributed by atoms with Crippen molar-refractivity contribution in [2.24, 2.45) is 0 Å². The molecule has 21 heavy (non-hydrogen) atoms. The predicted molar refractivity (Wildman–Crippen MR) is 85.6 cm³/mol. The van der Waals surface area contributed by atoms with Crippen LogP contribution in [0, 0.1) is 0 Å². The number of benzene rings is 1. The summed E-state index contributed by atoms with van der Waals surface area (Å²) in [6.45, 7) is 10.3. The van der Waals surface area contributed by atoms with Crippen LogP contribution in [0.15, 0.2) is 18.2 Å². The Balaban J connectivity index is 1.89. The smallest absolute Gasteiger partial charge is 0.163 e. The molecule has 1 aromatic carbocycles. The average molecular weight is 290 g/mol. The molecule has 0 spiro atoms. The van der Waals surface area contributed by atoms with E-state index in [9.17, 15) is 0 Å². The number of anilines is 1. The van der Waals surface area contributed by atoms with Crippen molar-refractivity contribution < 1.29 is 9.47 Å². The van der Waals surface area contributed by atoms with Gasteiger partial charge in [0.15, 0.2) is 11.5 Å². The van der Waals surface area contributed by atoms with Gasteiger partial charge < -0.3 is 19.7 Å². The second-order valence-corrected chi connectivity index (χ2v) is 6.64. The van der Waals surface area contributed by atoms with Gasteiger partial charge in [0.1, 0.15) is 0 Å². The van der Waals surface area contributed by atoms with Crippen LogP contribution in [0.2, 0.25) is 0 Å². The molecule has 0 radical (unpaired) electrons. The minimum Gasteiger partial charge on any atom is -0.490 e. The third-order valence-corrected chi connectivity index (χ3v) is 4.36. The van der Waals surface area contributed by atoms with Crippen molar-refractivity contribution in [1.82, 2.24) is 5.32 Å². The Labute approximate surface area is 127 Å². The van der Waals surface area contributed by atoms with Gasteiger partial charge in [-0.05, 0) is 32.4 Å². The van der Waals surface area contributed by atoms with E-state index >= 15 is 0 Å². The molecular weight excluding hydrogens is 264 g/mol. The minimum atomic E-state index is 0.135. The Kier molecular flexibility index (Phi) is 3.98. The number of piperazine rings is 1. The van der Waals surface area contributed by atoms with Crippen molar-refractivity contribution in [2.75, 3.05) is 31.2 Å². The summed E-state index contributed by atoms with van der Waals surface area (Å²) in [4.78, 5) is 2.50. The molecule has 116 valence electrons. The summed E-state index contributed by atoms with van der Waals surface area (Å²) in [5.74, 6) is 1.76. The van der Waals surface area contributed by atoms with Crippen molar-refractivity contribution >= 4 is 5.69 Å². The molecule has 3 rings (SSSR count). The van der Waals surface area contributed by atoms with Gasteiger partial charge in [-0.25, -0.2) is 0 Å². The first kappa shape index (κ1) is 14.5. The van der Waals surface area contributed by atoms with E-state index in [-0.39, 0.29) is 5.54 Å². The van der Waals surface area contributed by atoms with E-state index in [2.05, 4.69) is 49.2 Å². The molecular formula is C17H26N2O2. The lowest BCUT2D eigenvalue weighted by Gasteiger charge is -2.46. The Morgan fingerprint density at radius 2 is 2.00 bits per heavy atom. The fourth-order valence-corrected chi connectivity index (χ4v) is 3.11. The van der Waals surface area contributed by atoms with Crippen molar-refractivity contribution in [1.29, 1.82) is 0 Å². The van der Waals surface area contributed by atoms with Crippen LogP contribution in [0.3, 0.4) is 0 Å². The quantitative estimate of drug-likeness (QED) is 0.908. The highest BCUT2D eigenvalue weighted by Crippen LogP contribution is 2.35. The number of rotatable bonds is 2. The van der Waals surface area contributed by atoms with Crippen LogP contribution in [-0.4, -0.2) is 37.9 Å². The average Bonchev–Trinajstić information content (AvgIpc) is 2.70. The van der Waals surface area contributed by atoms with Crippen LogP contribution in [-0.2, 0) is 0 Å². The molecule has 2 aliphatic rings. The third kappa shape index (κ3) is 3.10. The van der Waals surface area contributed by atoms with Crippen molar-refractivity contribution in [3.63, 3.8) is 0 Å². The number of fused-ring (bicyclic) bond motifs is 1. The van der Waals surface area contributed by atoms with Crippen LogP contribution < -0.4 is 19.7 Å². The molecule has 0 saturated carbocycles. The van der Waals surface area contributed by atoms with Gasteiger partial charge in [0.05, 0.1) is 13.2 Å². The Hall–Kier alpha value is -1.42. The highest BCUT2D eigenvalue weighted by molar-refractivity contribution is 5.57. The number of ether oxygens (including phenoxy) is 2. The fourth-order valence-electron chi connectivity index (χ4n) is 3.11. The van der Waals surface area contributed by atoms with Crippen LogP contribution in [0.5, 0.6) is 11.5 Å². The highest BCUT2D eigenvalue weighted by Gasteiger charge is 2.32. The fraction of sp³-hybridized carbons (Fsp3) is 0.647. The maximum atomic E-state index is 5.83. The van der Waals surface area contributed by atoms with E-state index in [0.717, 1.165) is 50.6 Å². The molecule has 2 heterocycles. The van der Waals surface area contributed by atoms with E-state index < -0.39 is 0 Å². The summed E-state index contributed by atoms with van der Waals surface area (Å²) in [5, 5.41) is 3.63. The van der Waals surface area contributed by atoms with Crippen molar-refractivity contribution in [3.05, 3.63) is 18.2 Å². The Morgan fingerprint density at radius 1 is 1.24 bits per heavy atom. The maximum absolute atomic E-state index is 5.83. The lowest BCUT2D eigenvalue weighted by atomic mass is 9.97. The maximum Gasteiger partial charge on any atom is 0.163 e. The minimum absolute atomic E-state index is 0.135. The number of hydrogen-bond acceptors (Lipinski definition) is 4. The molecule has 4 nitrogen and oxygen atoms in total. The first-order valence-electron chi connectivity index (χ1n) is 8.00. The van der Waals surface area contributed by atoms with Crippen LogP contribution >= 0.6 is 0 Å². The zero-order valence-corrected chi connectivity index (χ0v) is 13.3. The third-order valence-electron chi connectivity index (χ3n) is 4.36. The van der Waals surface area contributed by atoms with Gasteiger partial charge in [0.25, 0.3) is 0 Å². The molecule has 0 aromatic heterocycles. The summed E-state index contributed by atoms with van der Waals surface area (Å²) < 4.78 is 11.6. The second kappa shape index (κ2) is 5.76. The second-order valence-electron chi connectivity index (χ2n) is 6.64. The molecule has 0 aliphatic carbocycles. The topological polar surface area (TPSA) is 33.7 Å². The Bertz CT molecular complexity index is 502. The van der Waals surface area contributed by atoms with Gasteiger partial charge in [0.2, 0.25) is 0 Å². The molecule has 1 atom stereocenters. The van der Waals surface area contributed by atoms with Gasteiger partial charge in [-0.15, -0.1) is 0 Å². The van der Waals surface area contributed by atoms with Crippen LogP contribution in [0.25, 0.3) is 0 Å². The first-order valence-corrected chi connectivity index (χ1v) is 8.00. The first-order chi connectivity index (χ1) is 10.1. The van der Waals surface area contributed by atoms with E-state index in [1.54, 1.807) is 0 Å². The normalized spacial score (nSPS) is 24.5. The molecule has 0 amide bonds. The van der Waals surface area contributed by atoms with Gasteiger partial charge in [0, 0.05) is 42.8 Å². The number of hydrogen-bond donors (Lipinski definition) is 1. The standard InChI is InChI=1S/C17H26N2O2/c1-4-13-11-18-17(2,3)12-19(13)14-6-7-15-16(10-14)21-9-5-8-20-15/h6-7,10,13,18H,4-5,8-9,11-12H2,1-3H3. The molecule has 1 unspecified atom stereocenters. The summed E-state index contributed by atoms with van der Waals surface area (Å²) >= 11 is 0. The highest BCUT2D eigenvalue weighted by atomic mass is 16.5. The summed E-state index contributed by atoms with van der Waals surface area (Å²) in [6.07, 6.45) is 2.08. The van der Waals surface area contributed by atoms with Gasteiger partial charge >= 0.3 is 0 Å². The largest absolute Gasteiger partial charge is 0.490 e. The molecule has 4 heteroatoms. The molecule has 1 fully saturated rings.